The Morgan fingerprint density at radius 3 is 1.95 bits per heavy atom. The molecule has 0 bridgehead atoms. The first kappa shape index (κ1) is 12.9. The van der Waals surface area contributed by atoms with Gasteiger partial charge >= 0.3 is 0 Å². The van der Waals surface area contributed by atoms with Crippen LogP contribution in [-0.4, -0.2) is 16.2 Å². The molecule has 21 heavy (non-hydrogen) atoms. The van der Waals surface area contributed by atoms with Crippen LogP contribution in [0.25, 0.3) is 22.9 Å². The number of rotatable bonds is 3. The molecule has 0 aliphatic carbocycles. The summed E-state index contributed by atoms with van der Waals surface area (Å²) in [6.07, 6.45) is 0. The van der Waals surface area contributed by atoms with Gasteiger partial charge in [-0.2, -0.15) is 0 Å². The average Bonchev–Trinajstić information content (AvgIpc) is 2.98. The highest BCUT2D eigenvalue weighted by Crippen LogP contribution is 2.25. The van der Waals surface area contributed by atoms with Gasteiger partial charge in [0, 0.05) is 11.1 Å². The van der Waals surface area contributed by atoms with Crippen LogP contribution >= 0.6 is 0 Å². The largest absolute Gasteiger partial charge is 0.416 e. The molecule has 0 fully saturated rings. The van der Waals surface area contributed by atoms with Gasteiger partial charge in [0.15, 0.2) is 5.96 Å². The number of hydrogen-bond acceptors (Lipinski definition) is 4. The summed E-state index contributed by atoms with van der Waals surface area (Å²) in [7, 11) is 0. The molecule has 0 amide bonds. The minimum atomic E-state index is 0.0203. The van der Waals surface area contributed by atoms with Crippen molar-refractivity contribution >= 4 is 11.6 Å². The molecule has 0 radical (unpaired) electrons. The first-order valence-corrected chi connectivity index (χ1v) is 6.31. The fourth-order valence-electron chi connectivity index (χ4n) is 1.86. The van der Waals surface area contributed by atoms with E-state index in [4.69, 9.17) is 15.9 Å². The van der Waals surface area contributed by atoms with Gasteiger partial charge in [-0.15, -0.1) is 10.2 Å². The van der Waals surface area contributed by atoms with E-state index >= 15 is 0 Å². The zero-order valence-electron chi connectivity index (χ0n) is 11.1. The standard InChI is InChI=1S/C15H13N5O/c16-15(17)18-12-8-6-11(7-9-12)14-20-19-13(21-14)10-4-2-1-3-5-10/h1-9H,(H4,16,17,18). The van der Waals surface area contributed by atoms with Crippen molar-refractivity contribution < 1.29 is 4.42 Å². The van der Waals surface area contributed by atoms with Crippen LogP contribution < -0.4 is 11.5 Å². The predicted octanol–water partition coefficient (Wildman–Crippen LogP) is 2.31. The number of aromatic nitrogens is 2. The molecule has 0 saturated carbocycles. The molecule has 6 heteroatoms. The summed E-state index contributed by atoms with van der Waals surface area (Å²) in [5.41, 5.74) is 13.0. The normalized spacial score (nSPS) is 10.3. The predicted molar refractivity (Wildman–Crippen MR) is 80.6 cm³/mol. The van der Waals surface area contributed by atoms with Crippen molar-refractivity contribution in [2.75, 3.05) is 0 Å². The van der Waals surface area contributed by atoms with Gasteiger partial charge in [-0.1, -0.05) is 18.2 Å². The highest BCUT2D eigenvalue weighted by atomic mass is 16.4. The van der Waals surface area contributed by atoms with Gasteiger partial charge in [-0.25, -0.2) is 4.99 Å². The van der Waals surface area contributed by atoms with Crippen LogP contribution in [0, 0.1) is 0 Å². The second kappa shape index (κ2) is 5.46. The zero-order valence-corrected chi connectivity index (χ0v) is 11.1. The molecular formula is C15H13N5O. The molecule has 0 spiro atoms. The Morgan fingerprint density at radius 2 is 1.38 bits per heavy atom. The Bertz CT molecular complexity index is 758. The number of nitrogens with two attached hydrogens (primary N) is 2. The molecule has 0 aliphatic rings. The molecule has 3 aromatic rings. The Kier molecular flexibility index (Phi) is 3.34. The van der Waals surface area contributed by atoms with Gasteiger partial charge in [0.1, 0.15) is 0 Å². The minimum Gasteiger partial charge on any atom is -0.416 e. The maximum Gasteiger partial charge on any atom is 0.248 e. The maximum absolute atomic E-state index is 5.67. The fourth-order valence-corrected chi connectivity index (χ4v) is 1.86. The van der Waals surface area contributed by atoms with E-state index in [1.165, 1.54) is 0 Å². The third-order valence-corrected chi connectivity index (χ3v) is 2.82. The van der Waals surface area contributed by atoms with Gasteiger partial charge in [0.2, 0.25) is 11.8 Å². The number of guanidine groups is 1. The van der Waals surface area contributed by atoms with E-state index < -0.39 is 0 Å². The van der Waals surface area contributed by atoms with E-state index in [9.17, 15) is 0 Å². The summed E-state index contributed by atoms with van der Waals surface area (Å²) >= 11 is 0. The molecule has 0 saturated heterocycles. The SMILES string of the molecule is NC(N)=Nc1ccc(-c2nnc(-c3ccccc3)o2)cc1. The lowest BCUT2D eigenvalue weighted by Crippen LogP contribution is -2.21. The summed E-state index contributed by atoms with van der Waals surface area (Å²) in [6.45, 7) is 0. The van der Waals surface area contributed by atoms with E-state index in [-0.39, 0.29) is 5.96 Å². The Labute approximate surface area is 121 Å². The second-order valence-corrected chi connectivity index (χ2v) is 4.36. The molecule has 0 unspecified atom stereocenters. The smallest absolute Gasteiger partial charge is 0.248 e. The van der Waals surface area contributed by atoms with Crippen molar-refractivity contribution in [3.63, 3.8) is 0 Å². The average molecular weight is 279 g/mol. The van der Waals surface area contributed by atoms with E-state index in [2.05, 4.69) is 15.2 Å². The van der Waals surface area contributed by atoms with Crippen molar-refractivity contribution in [3.05, 3.63) is 54.6 Å². The summed E-state index contributed by atoms with van der Waals surface area (Å²) in [4.78, 5) is 3.95. The molecule has 0 aliphatic heterocycles. The first-order chi connectivity index (χ1) is 10.2. The molecule has 3 rings (SSSR count). The van der Waals surface area contributed by atoms with Crippen LogP contribution in [0.3, 0.4) is 0 Å². The lowest BCUT2D eigenvalue weighted by atomic mass is 10.2. The molecule has 4 N–H and O–H groups in total. The summed E-state index contributed by atoms with van der Waals surface area (Å²) in [6, 6.07) is 16.8. The molecule has 1 heterocycles. The highest BCUT2D eigenvalue weighted by molar-refractivity contribution is 5.79. The molecule has 6 nitrogen and oxygen atoms in total. The van der Waals surface area contributed by atoms with Crippen molar-refractivity contribution in [2.45, 2.75) is 0 Å². The van der Waals surface area contributed by atoms with Crippen LogP contribution in [0.1, 0.15) is 0 Å². The topological polar surface area (TPSA) is 103 Å². The molecule has 1 aromatic heterocycles. The number of hydrogen-bond donors (Lipinski definition) is 2. The Morgan fingerprint density at radius 1 is 0.810 bits per heavy atom. The van der Waals surface area contributed by atoms with Crippen LogP contribution in [-0.2, 0) is 0 Å². The van der Waals surface area contributed by atoms with E-state index in [1.54, 1.807) is 12.1 Å². The third kappa shape index (κ3) is 2.89. The van der Waals surface area contributed by atoms with Crippen molar-refractivity contribution in [2.24, 2.45) is 16.5 Å². The molecule has 104 valence electrons. The summed E-state index contributed by atoms with van der Waals surface area (Å²) in [5, 5.41) is 8.10. The molecule has 0 atom stereocenters. The van der Waals surface area contributed by atoms with Crippen molar-refractivity contribution in [1.82, 2.24) is 10.2 Å². The van der Waals surface area contributed by atoms with Gasteiger partial charge in [0.05, 0.1) is 5.69 Å². The van der Waals surface area contributed by atoms with Crippen LogP contribution in [0.4, 0.5) is 5.69 Å². The van der Waals surface area contributed by atoms with Crippen LogP contribution in [0.2, 0.25) is 0 Å². The lowest BCUT2D eigenvalue weighted by Gasteiger charge is -1.97. The van der Waals surface area contributed by atoms with Gasteiger partial charge in [0.25, 0.3) is 0 Å². The van der Waals surface area contributed by atoms with Crippen molar-refractivity contribution in [3.8, 4) is 22.9 Å². The lowest BCUT2D eigenvalue weighted by molar-refractivity contribution is 0.584. The fraction of sp³-hybridized carbons (Fsp3) is 0. The monoisotopic (exact) mass is 279 g/mol. The maximum atomic E-state index is 5.67. The van der Waals surface area contributed by atoms with Gasteiger partial charge in [-0.3, -0.25) is 0 Å². The van der Waals surface area contributed by atoms with Gasteiger partial charge in [-0.05, 0) is 36.4 Å². The van der Waals surface area contributed by atoms with Gasteiger partial charge < -0.3 is 15.9 Å². The Balaban J connectivity index is 1.88. The zero-order chi connectivity index (χ0) is 14.7. The third-order valence-electron chi connectivity index (χ3n) is 2.82. The number of aliphatic imine (C=N–C) groups is 1. The molecular weight excluding hydrogens is 266 g/mol. The molecule has 2 aromatic carbocycles. The Hall–Kier alpha value is -3.15. The summed E-state index contributed by atoms with van der Waals surface area (Å²) < 4.78 is 5.67. The van der Waals surface area contributed by atoms with Crippen molar-refractivity contribution in [1.29, 1.82) is 0 Å². The van der Waals surface area contributed by atoms with E-state index in [0.717, 1.165) is 11.1 Å². The quantitative estimate of drug-likeness (QED) is 0.565. The van der Waals surface area contributed by atoms with Crippen LogP contribution in [0.5, 0.6) is 0 Å². The minimum absolute atomic E-state index is 0.0203. The van der Waals surface area contributed by atoms with E-state index in [0.29, 0.717) is 17.5 Å². The number of nitrogens with zero attached hydrogens (tertiary/aromatic N) is 3. The second-order valence-electron chi connectivity index (χ2n) is 4.36. The number of benzene rings is 2. The first-order valence-electron chi connectivity index (χ1n) is 6.31. The highest BCUT2D eigenvalue weighted by Gasteiger charge is 2.09. The van der Waals surface area contributed by atoms with Crippen LogP contribution in [0.15, 0.2) is 64.0 Å². The van der Waals surface area contributed by atoms with E-state index in [1.807, 2.05) is 42.5 Å². The summed E-state index contributed by atoms with van der Waals surface area (Å²) in [5.74, 6) is 0.955.